The Labute approximate surface area is 116 Å². The Morgan fingerprint density at radius 2 is 2.22 bits per heavy atom. The molecule has 94 valence electrons. The lowest BCUT2D eigenvalue weighted by molar-refractivity contribution is 0.0701. The molecule has 1 aromatic heterocycles. The van der Waals surface area contributed by atoms with Crippen LogP contribution in [0.15, 0.2) is 22.7 Å². The third kappa shape index (κ3) is 2.39. The fraction of sp³-hybridized carbons (Fsp3) is 0.167. The third-order valence-electron chi connectivity index (χ3n) is 2.42. The van der Waals surface area contributed by atoms with Crippen LogP contribution in [0.5, 0.6) is 5.75 Å². The first-order chi connectivity index (χ1) is 8.52. The van der Waals surface area contributed by atoms with Crippen LogP contribution in [0.2, 0.25) is 0 Å². The number of aromatic hydroxyl groups is 1. The zero-order valence-corrected chi connectivity index (χ0v) is 11.9. The molecule has 6 heteroatoms. The Morgan fingerprint density at radius 1 is 1.50 bits per heavy atom. The van der Waals surface area contributed by atoms with Gasteiger partial charge in [0.15, 0.2) is 0 Å². The van der Waals surface area contributed by atoms with Gasteiger partial charge in [0.2, 0.25) is 0 Å². The van der Waals surface area contributed by atoms with Crippen molar-refractivity contribution in [3.8, 4) is 16.3 Å². The number of carbonyl (C=O) groups is 1. The van der Waals surface area contributed by atoms with Crippen molar-refractivity contribution < 1.29 is 15.0 Å². The summed E-state index contributed by atoms with van der Waals surface area (Å²) in [4.78, 5) is 15.6. The second kappa shape index (κ2) is 5.07. The van der Waals surface area contributed by atoms with Gasteiger partial charge in [0.05, 0.1) is 11.3 Å². The predicted octanol–water partition coefficient (Wildman–Crippen LogP) is 3.54. The molecule has 0 aliphatic rings. The first-order valence-corrected chi connectivity index (χ1v) is 6.85. The zero-order chi connectivity index (χ0) is 13.3. The average Bonchev–Trinajstić information content (AvgIpc) is 2.76. The van der Waals surface area contributed by atoms with Crippen molar-refractivity contribution in [3.05, 3.63) is 33.2 Å². The topological polar surface area (TPSA) is 70.4 Å². The van der Waals surface area contributed by atoms with E-state index in [1.165, 1.54) is 0 Å². The second-order valence-electron chi connectivity index (χ2n) is 3.62. The standard InChI is InChI=1S/C12H10BrNO3S/c1-2-8-10(12(16)17)18-11(14-8)7-5-6(13)3-4-9(7)15/h3-5,15H,2H2,1H3,(H,16,17). The molecule has 0 saturated heterocycles. The maximum atomic E-state index is 11.1. The minimum atomic E-state index is -0.981. The number of benzene rings is 1. The first-order valence-electron chi connectivity index (χ1n) is 5.24. The van der Waals surface area contributed by atoms with E-state index in [-0.39, 0.29) is 10.6 Å². The summed E-state index contributed by atoms with van der Waals surface area (Å²) in [7, 11) is 0. The van der Waals surface area contributed by atoms with E-state index in [2.05, 4.69) is 20.9 Å². The number of phenolic OH excluding ortho intramolecular Hbond substituents is 1. The van der Waals surface area contributed by atoms with Crippen LogP contribution in [0.3, 0.4) is 0 Å². The zero-order valence-electron chi connectivity index (χ0n) is 9.48. The molecule has 0 bridgehead atoms. The van der Waals surface area contributed by atoms with Gasteiger partial charge in [-0.05, 0) is 24.6 Å². The van der Waals surface area contributed by atoms with Crippen molar-refractivity contribution >= 4 is 33.2 Å². The third-order valence-corrected chi connectivity index (χ3v) is 4.03. The number of aromatic nitrogens is 1. The molecule has 2 aromatic rings. The molecular weight excluding hydrogens is 318 g/mol. The Bertz CT molecular complexity index is 609. The number of aryl methyl sites for hydroxylation is 1. The lowest BCUT2D eigenvalue weighted by Gasteiger charge is -2.00. The fourth-order valence-electron chi connectivity index (χ4n) is 1.55. The SMILES string of the molecule is CCc1nc(-c2cc(Br)ccc2O)sc1C(=O)O. The quantitative estimate of drug-likeness (QED) is 0.904. The predicted molar refractivity (Wildman–Crippen MR) is 73.3 cm³/mol. The largest absolute Gasteiger partial charge is 0.507 e. The highest BCUT2D eigenvalue weighted by atomic mass is 79.9. The van der Waals surface area contributed by atoms with Gasteiger partial charge >= 0.3 is 5.97 Å². The molecule has 0 radical (unpaired) electrons. The van der Waals surface area contributed by atoms with E-state index in [0.717, 1.165) is 15.8 Å². The fourth-order valence-corrected chi connectivity index (χ4v) is 2.93. The van der Waals surface area contributed by atoms with Crippen molar-refractivity contribution in [1.82, 2.24) is 4.98 Å². The Balaban J connectivity index is 2.57. The molecule has 0 spiro atoms. The van der Waals surface area contributed by atoms with Gasteiger partial charge in [-0.25, -0.2) is 9.78 Å². The van der Waals surface area contributed by atoms with Crippen molar-refractivity contribution in [2.24, 2.45) is 0 Å². The molecule has 0 aliphatic heterocycles. The van der Waals surface area contributed by atoms with Gasteiger partial charge in [-0.2, -0.15) is 0 Å². The minimum absolute atomic E-state index is 0.0894. The Morgan fingerprint density at radius 3 is 2.78 bits per heavy atom. The van der Waals surface area contributed by atoms with Crippen LogP contribution in [-0.4, -0.2) is 21.2 Å². The first kappa shape index (κ1) is 13.0. The summed E-state index contributed by atoms with van der Waals surface area (Å²) in [6, 6.07) is 4.98. The van der Waals surface area contributed by atoms with E-state index in [1.54, 1.807) is 18.2 Å². The highest BCUT2D eigenvalue weighted by molar-refractivity contribution is 9.10. The van der Waals surface area contributed by atoms with Crippen molar-refractivity contribution in [2.45, 2.75) is 13.3 Å². The Kier molecular flexibility index (Phi) is 3.68. The van der Waals surface area contributed by atoms with Gasteiger partial charge in [0.25, 0.3) is 0 Å². The number of hydrogen-bond acceptors (Lipinski definition) is 4. The Hall–Kier alpha value is -1.40. The lowest BCUT2D eigenvalue weighted by Crippen LogP contribution is -1.97. The molecule has 1 aromatic carbocycles. The number of carboxylic acid groups (broad SMARTS) is 1. The van der Waals surface area contributed by atoms with Crippen LogP contribution in [0.4, 0.5) is 0 Å². The summed E-state index contributed by atoms with van der Waals surface area (Å²) >= 11 is 4.39. The molecule has 18 heavy (non-hydrogen) atoms. The molecule has 0 aliphatic carbocycles. The van der Waals surface area contributed by atoms with Crippen molar-refractivity contribution in [1.29, 1.82) is 0 Å². The van der Waals surface area contributed by atoms with Gasteiger partial charge in [-0.15, -0.1) is 11.3 Å². The van der Waals surface area contributed by atoms with E-state index >= 15 is 0 Å². The van der Waals surface area contributed by atoms with Crippen LogP contribution < -0.4 is 0 Å². The number of phenols is 1. The minimum Gasteiger partial charge on any atom is -0.507 e. The lowest BCUT2D eigenvalue weighted by atomic mass is 10.2. The molecule has 1 heterocycles. The molecule has 0 unspecified atom stereocenters. The summed E-state index contributed by atoms with van der Waals surface area (Å²) < 4.78 is 0.806. The smallest absolute Gasteiger partial charge is 0.347 e. The number of halogens is 1. The van der Waals surface area contributed by atoms with Gasteiger partial charge in [-0.1, -0.05) is 22.9 Å². The van der Waals surface area contributed by atoms with E-state index in [4.69, 9.17) is 5.11 Å². The summed E-state index contributed by atoms with van der Waals surface area (Å²) in [6.07, 6.45) is 0.549. The van der Waals surface area contributed by atoms with Crippen molar-refractivity contribution in [3.63, 3.8) is 0 Å². The average molecular weight is 328 g/mol. The van der Waals surface area contributed by atoms with Crippen LogP contribution in [-0.2, 0) is 6.42 Å². The molecule has 4 nitrogen and oxygen atoms in total. The van der Waals surface area contributed by atoms with E-state index in [1.807, 2.05) is 6.92 Å². The number of thiazole rings is 1. The van der Waals surface area contributed by atoms with Gasteiger partial charge in [0.1, 0.15) is 15.6 Å². The van der Waals surface area contributed by atoms with Crippen LogP contribution in [0.25, 0.3) is 10.6 Å². The highest BCUT2D eigenvalue weighted by Crippen LogP contribution is 2.35. The van der Waals surface area contributed by atoms with E-state index < -0.39 is 5.97 Å². The monoisotopic (exact) mass is 327 g/mol. The number of carboxylic acids is 1. The molecule has 0 fully saturated rings. The van der Waals surface area contributed by atoms with E-state index in [9.17, 15) is 9.90 Å². The van der Waals surface area contributed by atoms with E-state index in [0.29, 0.717) is 22.7 Å². The summed E-state index contributed by atoms with van der Waals surface area (Å²) in [5, 5.41) is 19.4. The number of nitrogens with zero attached hydrogens (tertiary/aromatic N) is 1. The summed E-state index contributed by atoms with van der Waals surface area (Å²) in [6.45, 7) is 1.85. The molecule has 2 N–H and O–H groups in total. The second-order valence-corrected chi connectivity index (χ2v) is 5.53. The number of hydrogen-bond donors (Lipinski definition) is 2. The van der Waals surface area contributed by atoms with Crippen molar-refractivity contribution in [2.75, 3.05) is 0 Å². The maximum Gasteiger partial charge on any atom is 0.347 e. The van der Waals surface area contributed by atoms with Gasteiger partial charge < -0.3 is 10.2 Å². The summed E-state index contributed by atoms with van der Waals surface area (Å²) in [5.41, 5.74) is 1.08. The van der Waals surface area contributed by atoms with Crippen LogP contribution >= 0.6 is 27.3 Å². The molecular formula is C12H10BrNO3S. The van der Waals surface area contributed by atoms with Crippen LogP contribution in [0.1, 0.15) is 22.3 Å². The normalized spacial score (nSPS) is 10.6. The highest BCUT2D eigenvalue weighted by Gasteiger charge is 2.18. The molecule has 2 rings (SSSR count). The van der Waals surface area contributed by atoms with Gasteiger partial charge in [0, 0.05) is 4.47 Å². The van der Waals surface area contributed by atoms with Gasteiger partial charge in [-0.3, -0.25) is 0 Å². The maximum absolute atomic E-state index is 11.1. The molecule has 0 amide bonds. The van der Waals surface area contributed by atoms with Crippen LogP contribution in [0, 0.1) is 0 Å². The number of rotatable bonds is 3. The summed E-state index contributed by atoms with van der Waals surface area (Å²) in [5.74, 6) is -0.892. The number of aromatic carboxylic acids is 1. The molecule has 0 atom stereocenters. The molecule has 0 saturated carbocycles.